The second kappa shape index (κ2) is 11.3. The number of anilines is 2. The molecule has 2 heterocycles. The molecule has 9 heteroatoms. The zero-order valence-corrected chi connectivity index (χ0v) is 22.5. The number of thiophene rings is 1. The molecule has 0 unspecified atom stereocenters. The van der Waals surface area contributed by atoms with E-state index in [1.54, 1.807) is 34.0 Å². The molecule has 0 bridgehead atoms. The Hall–Kier alpha value is -3.46. The van der Waals surface area contributed by atoms with Crippen LogP contribution in [0.2, 0.25) is 0 Å². The summed E-state index contributed by atoms with van der Waals surface area (Å²) in [5.74, 6) is -0.778. The summed E-state index contributed by atoms with van der Waals surface area (Å²) in [5, 5.41) is 17.0. The second-order valence-electron chi connectivity index (χ2n) is 9.98. The van der Waals surface area contributed by atoms with Gasteiger partial charge in [0, 0.05) is 35.3 Å². The molecule has 2 N–H and O–H groups in total. The molecular weight excluding hydrogens is 488 g/mol. The maximum Gasteiger partial charge on any atom is 0.348 e. The number of rotatable bonds is 8. The molecule has 1 aliphatic carbocycles. The van der Waals surface area contributed by atoms with Gasteiger partial charge < -0.3 is 15.3 Å². The molecule has 0 saturated heterocycles. The van der Waals surface area contributed by atoms with E-state index in [0.29, 0.717) is 29.5 Å². The van der Waals surface area contributed by atoms with Gasteiger partial charge in [0.25, 0.3) is 5.91 Å². The minimum Gasteiger partial charge on any atom is -0.477 e. The van der Waals surface area contributed by atoms with Gasteiger partial charge in [-0.3, -0.25) is 14.3 Å². The number of benzene rings is 1. The Balaban J connectivity index is 1.57. The highest BCUT2D eigenvalue weighted by atomic mass is 32.1. The highest BCUT2D eigenvalue weighted by Gasteiger charge is 2.33. The van der Waals surface area contributed by atoms with Crippen LogP contribution in [0.3, 0.4) is 0 Å². The minimum atomic E-state index is -1.04. The fraction of sp³-hybridized carbons (Fsp3) is 0.429. The highest BCUT2D eigenvalue weighted by Crippen LogP contribution is 2.40. The smallest absolute Gasteiger partial charge is 0.348 e. The van der Waals surface area contributed by atoms with E-state index in [9.17, 15) is 19.5 Å². The molecule has 1 aromatic carbocycles. The summed E-state index contributed by atoms with van der Waals surface area (Å²) in [6.07, 6.45) is 5.48. The number of carboxylic acids is 1. The number of aromatic nitrogens is 2. The van der Waals surface area contributed by atoms with Crippen molar-refractivity contribution in [2.75, 3.05) is 10.2 Å². The van der Waals surface area contributed by atoms with Gasteiger partial charge in [-0.2, -0.15) is 5.10 Å². The van der Waals surface area contributed by atoms with Crippen LogP contribution in [-0.4, -0.2) is 38.7 Å². The Bertz CT molecular complexity index is 1270. The molecule has 0 radical (unpaired) electrons. The van der Waals surface area contributed by atoms with Crippen LogP contribution >= 0.6 is 11.3 Å². The fourth-order valence-electron chi connectivity index (χ4n) is 4.78. The first-order valence-electron chi connectivity index (χ1n) is 12.8. The van der Waals surface area contributed by atoms with Crippen LogP contribution in [0, 0.1) is 11.8 Å². The van der Waals surface area contributed by atoms with Crippen molar-refractivity contribution in [3.8, 4) is 10.4 Å². The van der Waals surface area contributed by atoms with Gasteiger partial charge in [-0.1, -0.05) is 19.1 Å². The topological polar surface area (TPSA) is 105 Å². The zero-order chi connectivity index (χ0) is 26.7. The van der Waals surface area contributed by atoms with Gasteiger partial charge in [-0.25, -0.2) is 4.79 Å². The maximum absolute atomic E-state index is 13.5. The van der Waals surface area contributed by atoms with Crippen molar-refractivity contribution < 1.29 is 19.5 Å². The molecule has 0 atom stereocenters. The van der Waals surface area contributed by atoms with E-state index >= 15 is 0 Å². The van der Waals surface area contributed by atoms with E-state index in [-0.39, 0.29) is 28.7 Å². The first-order chi connectivity index (χ1) is 17.7. The normalized spacial score (nSPS) is 17.5. The van der Waals surface area contributed by atoms with Crippen molar-refractivity contribution in [2.45, 2.75) is 66.0 Å². The Morgan fingerprint density at radius 1 is 1.14 bits per heavy atom. The van der Waals surface area contributed by atoms with Gasteiger partial charge in [0.1, 0.15) is 4.88 Å². The van der Waals surface area contributed by atoms with E-state index in [0.717, 1.165) is 47.5 Å². The molecular formula is C28H34N4O4S. The average molecular weight is 523 g/mol. The number of amides is 2. The summed E-state index contributed by atoms with van der Waals surface area (Å²) < 4.78 is 1.69. The Morgan fingerprint density at radius 2 is 1.81 bits per heavy atom. The van der Waals surface area contributed by atoms with Crippen molar-refractivity contribution in [1.29, 1.82) is 0 Å². The Morgan fingerprint density at radius 3 is 2.38 bits per heavy atom. The van der Waals surface area contributed by atoms with E-state index < -0.39 is 5.97 Å². The molecule has 2 amide bonds. The van der Waals surface area contributed by atoms with Gasteiger partial charge in [0.05, 0.1) is 5.69 Å². The number of carboxylic acid groups (broad SMARTS) is 1. The summed E-state index contributed by atoms with van der Waals surface area (Å²) in [6.45, 7) is 8.69. The largest absolute Gasteiger partial charge is 0.477 e. The van der Waals surface area contributed by atoms with Gasteiger partial charge in [-0.05, 0) is 82.2 Å². The number of hydrogen-bond donors (Lipinski definition) is 2. The summed E-state index contributed by atoms with van der Waals surface area (Å²) in [6, 6.07) is 10.5. The van der Waals surface area contributed by atoms with E-state index in [4.69, 9.17) is 0 Å². The van der Waals surface area contributed by atoms with Crippen molar-refractivity contribution in [2.24, 2.45) is 11.8 Å². The molecule has 1 aliphatic rings. The van der Waals surface area contributed by atoms with E-state index in [2.05, 4.69) is 17.3 Å². The zero-order valence-electron chi connectivity index (χ0n) is 21.7. The number of hydrogen-bond acceptors (Lipinski definition) is 5. The Kier molecular flexibility index (Phi) is 8.12. The number of carbonyl (C=O) groups excluding carboxylic acids is 2. The summed E-state index contributed by atoms with van der Waals surface area (Å²) in [7, 11) is 0. The third-order valence-corrected chi connectivity index (χ3v) is 8.07. The van der Waals surface area contributed by atoms with Crippen molar-refractivity contribution in [3.05, 3.63) is 53.2 Å². The molecule has 1 saturated carbocycles. The number of aryl methyl sites for hydroxylation is 1. The quantitative estimate of drug-likeness (QED) is 0.369. The number of nitrogens with zero attached hydrogens (tertiary/aromatic N) is 3. The third-order valence-electron chi connectivity index (χ3n) is 6.91. The summed E-state index contributed by atoms with van der Waals surface area (Å²) >= 11 is 1.16. The Labute approximate surface area is 221 Å². The molecule has 37 heavy (non-hydrogen) atoms. The van der Waals surface area contributed by atoms with Gasteiger partial charge in [0.15, 0.2) is 5.69 Å². The summed E-state index contributed by atoms with van der Waals surface area (Å²) in [5.41, 5.74) is 2.22. The maximum atomic E-state index is 13.5. The van der Waals surface area contributed by atoms with Crippen LogP contribution in [0.4, 0.5) is 11.4 Å². The SMILES string of the molecule is CCn1ccc(C(=O)Nc2ccc(-c3cc(N(C(=O)C4CCC(C)CC4)C(C)C)c(C(=O)O)s3)cc2)n1. The van der Waals surface area contributed by atoms with Crippen LogP contribution < -0.4 is 10.2 Å². The third kappa shape index (κ3) is 5.93. The number of nitrogens with one attached hydrogen (secondary N) is 1. The van der Waals surface area contributed by atoms with Crippen LogP contribution in [0.25, 0.3) is 10.4 Å². The lowest BCUT2D eigenvalue weighted by Crippen LogP contribution is -2.42. The fourth-order valence-corrected chi connectivity index (χ4v) is 5.78. The minimum absolute atomic E-state index is 0.0114. The molecule has 0 spiro atoms. The first-order valence-corrected chi connectivity index (χ1v) is 13.6. The van der Waals surface area contributed by atoms with Crippen molar-refractivity contribution in [3.63, 3.8) is 0 Å². The van der Waals surface area contributed by atoms with Gasteiger partial charge in [-0.15, -0.1) is 11.3 Å². The number of carbonyl (C=O) groups is 3. The standard InChI is InChI=1S/C28H34N4O4S/c1-5-31-15-14-22(30-31)26(33)29-21-12-10-19(11-13-21)24-16-23(25(37-24)28(35)36)32(17(2)3)27(34)20-8-6-18(4)7-9-20/h10-18,20H,5-9H2,1-4H3,(H,29,33)(H,35,36). The number of aromatic carboxylic acids is 1. The average Bonchev–Trinajstić information content (AvgIpc) is 3.53. The molecule has 0 aliphatic heterocycles. The molecule has 3 aromatic rings. The van der Waals surface area contributed by atoms with Crippen LogP contribution in [0.15, 0.2) is 42.6 Å². The molecule has 1 fully saturated rings. The van der Waals surface area contributed by atoms with E-state index in [1.807, 2.05) is 39.0 Å². The monoisotopic (exact) mass is 522 g/mol. The van der Waals surface area contributed by atoms with Crippen LogP contribution in [0.5, 0.6) is 0 Å². The van der Waals surface area contributed by atoms with Gasteiger partial charge in [0.2, 0.25) is 5.91 Å². The van der Waals surface area contributed by atoms with Crippen LogP contribution in [0.1, 0.15) is 73.5 Å². The van der Waals surface area contributed by atoms with Gasteiger partial charge >= 0.3 is 5.97 Å². The molecule has 4 rings (SSSR count). The second-order valence-corrected chi connectivity index (χ2v) is 11.0. The molecule has 196 valence electrons. The lowest BCUT2D eigenvalue weighted by atomic mass is 9.82. The summed E-state index contributed by atoms with van der Waals surface area (Å²) in [4.78, 5) is 40.8. The lowest BCUT2D eigenvalue weighted by Gasteiger charge is -2.33. The van der Waals surface area contributed by atoms with Crippen molar-refractivity contribution >= 4 is 40.5 Å². The van der Waals surface area contributed by atoms with E-state index in [1.165, 1.54) is 0 Å². The van der Waals surface area contributed by atoms with Crippen LogP contribution in [-0.2, 0) is 11.3 Å². The predicted octanol–water partition coefficient (Wildman–Crippen LogP) is 6.15. The molecule has 8 nitrogen and oxygen atoms in total. The lowest BCUT2D eigenvalue weighted by molar-refractivity contribution is -0.123. The van der Waals surface area contributed by atoms with Crippen molar-refractivity contribution in [1.82, 2.24) is 9.78 Å². The first kappa shape index (κ1) is 26.6. The predicted molar refractivity (Wildman–Crippen MR) is 146 cm³/mol. The molecule has 2 aromatic heterocycles. The highest BCUT2D eigenvalue weighted by molar-refractivity contribution is 7.18.